The van der Waals surface area contributed by atoms with E-state index in [1.54, 1.807) is 18.2 Å². The maximum absolute atomic E-state index is 12.3. The molecule has 0 unspecified atom stereocenters. The number of amides is 1. The number of hydrogen-bond donors (Lipinski definition) is 2. The lowest BCUT2D eigenvalue weighted by atomic mass is 9.96. The molecular weight excluding hydrogens is 355 g/mol. The van der Waals surface area contributed by atoms with Gasteiger partial charge in [-0.3, -0.25) is 4.79 Å². The normalized spacial score (nSPS) is 16.6. The molecule has 0 aromatic heterocycles. The number of nitrogens with one attached hydrogen (secondary N) is 1. The Bertz CT molecular complexity index is 457. The van der Waals surface area contributed by atoms with Crippen molar-refractivity contribution < 1.29 is 9.90 Å². The third-order valence-electron chi connectivity index (χ3n) is 3.59. The largest absolute Gasteiger partial charge is 0.507 e. The zero-order valence-corrected chi connectivity index (χ0v) is 13.2. The van der Waals surface area contributed by atoms with Crippen molar-refractivity contribution in [1.82, 2.24) is 10.2 Å². The number of piperidine rings is 1. The quantitative estimate of drug-likeness (QED) is 0.797. The lowest BCUT2D eigenvalue weighted by Gasteiger charge is -2.32. The SMILES string of the molecule is CNCC1CCN(C(=O)c2ccc(I)c(O)c2)CC1. The van der Waals surface area contributed by atoms with Crippen LogP contribution in [0.25, 0.3) is 0 Å². The Kier molecular flexibility index (Phi) is 5.04. The predicted molar refractivity (Wildman–Crippen MR) is 83.4 cm³/mol. The molecule has 0 saturated carbocycles. The number of carbonyl (C=O) groups excluding carboxylic acids is 1. The summed E-state index contributed by atoms with van der Waals surface area (Å²) in [4.78, 5) is 14.2. The molecule has 2 rings (SSSR count). The third-order valence-corrected chi connectivity index (χ3v) is 4.50. The standard InChI is InChI=1S/C14H19IN2O2/c1-16-9-10-4-6-17(7-5-10)14(19)11-2-3-12(15)13(18)8-11/h2-3,8,10,16,18H,4-7,9H2,1H3. The molecule has 0 aliphatic carbocycles. The Balaban J connectivity index is 1.99. The number of nitrogens with zero attached hydrogens (tertiary/aromatic N) is 1. The summed E-state index contributed by atoms with van der Waals surface area (Å²) in [5.74, 6) is 0.866. The van der Waals surface area contributed by atoms with Gasteiger partial charge in [0.25, 0.3) is 5.91 Å². The fraction of sp³-hybridized carbons (Fsp3) is 0.500. The molecule has 1 aliphatic rings. The number of benzene rings is 1. The molecule has 1 saturated heterocycles. The van der Waals surface area contributed by atoms with Gasteiger partial charge in [0.2, 0.25) is 0 Å². The van der Waals surface area contributed by atoms with Gasteiger partial charge in [-0.15, -0.1) is 0 Å². The zero-order chi connectivity index (χ0) is 13.8. The second-order valence-electron chi connectivity index (χ2n) is 4.96. The first-order chi connectivity index (χ1) is 9.11. The number of phenolic OH excluding ortho intramolecular Hbond substituents is 1. The van der Waals surface area contributed by atoms with Crippen LogP contribution < -0.4 is 5.32 Å². The number of hydrogen-bond acceptors (Lipinski definition) is 3. The second-order valence-corrected chi connectivity index (χ2v) is 6.12. The minimum Gasteiger partial charge on any atom is -0.507 e. The van der Waals surface area contributed by atoms with Crippen LogP contribution in [0.3, 0.4) is 0 Å². The number of carbonyl (C=O) groups is 1. The fourth-order valence-electron chi connectivity index (χ4n) is 2.46. The van der Waals surface area contributed by atoms with Gasteiger partial charge in [0, 0.05) is 18.7 Å². The average molecular weight is 374 g/mol. The molecule has 1 fully saturated rings. The highest BCUT2D eigenvalue weighted by molar-refractivity contribution is 14.1. The zero-order valence-electron chi connectivity index (χ0n) is 11.0. The van der Waals surface area contributed by atoms with Gasteiger partial charge < -0.3 is 15.3 Å². The molecule has 1 aliphatic heterocycles. The molecule has 0 spiro atoms. The van der Waals surface area contributed by atoms with Gasteiger partial charge in [-0.2, -0.15) is 0 Å². The molecule has 5 heteroatoms. The summed E-state index contributed by atoms with van der Waals surface area (Å²) < 4.78 is 0.766. The molecule has 1 amide bonds. The fourth-order valence-corrected chi connectivity index (χ4v) is 2.79. The van der Waals surface area contributed by atoms with Gasteiger partial charge in [-0.05, 0) is 73.1 Å². The Morgan fingerprint density at radius 2 is 2.16 bits per heavy atom. The minimum absolute atomic E-state index is 0.0228. The van der Waals surface area contributed by atoms with Gasteiger partial charge in [-0.25, -0.2) is 0 Å². The predicted octanol–water partition coefficient (Wildman–Crippen LogP) is 2.07. The van der Waals surface area contributed by atoms with E-state index in [0.29, 0.717) is 11.5 Å². The number of likely N-dealkylation sites (tertiary alicyclic amines) is 1. The Hall–Kier alpha value is -0.820. The van der Waals surface area contributed by atoms with E-state index < -0.39 is 0 Å². The van der Waals surface area contributed by atoms with E-state index in [-0.39, 0.29) is 11.7 Å². The third kappa shape index (κ3) is 3.60. The first-order valence-corrected chi connectivity index (χ1v) is 7.62. The smallest absolute Gasteiger partial charge is 0.253 e. The van der Waals surface area contributed by atoms with Gasteiger partial charge in [-0.1, -0.05) is 0 Å². The molecular formula is C14H19IN2O2. The molecule has 1 aromatic carbocycles. The van der Waals surface area contributed by atoms with Crippen LogP contribution in [0.1, 0.15) is 23.2 Å². The van der Waals surface area contributed by atoms with Crippen molar-refractivity contribution in [3.8, 4) is 5.75 Å². The van der Waals surface area contributed by atoms with Gasteiger partial charge >= 0.3 is 0 Å². The monoisotopic (exact) mass is 374 g/mol. The summed E-state index contributed by atoms with van der Waals surface area (Å²) in [6.07, 6.45) is 2.09. The van der Waals surface area contributed by atoms with Crippen molar-refractivity contribution in [2.75, 3.05) is 26.7 Å². The molecule has 0 atom stereocenters. The molecule has 19 heavy (non-hydrogen) atoms. The van der Waals surface area contributed by atoms with Crippen LogP contribution >= 0.6 is 22.6 Å². The highest BCUT2D eigenvalue weighted by Gasteiger charge is 2.23. The molecule has 0 radical (unpaired) electrons. The number of phenols is 1. The van der Waals surface area contributed by atoms with Gasteiger partial charge in [0.1, 0.15) is 5.75 Å². The summed E-state index contributed by atoms with van der Waals surface area (Å²) >= 11 is 2.05. The topological polar surface area (TPSA) is 52.6 Å². The summed E-state index contributed by atoms with van der Waals surface area (Å²) in [5, 5.41) is 12.9. The van der Waals surface area contributed by atoms with E-state index in [9.17, 15) is 9.90 Å². The maximum atomic E-state index is 12.3. The maximum Gasteiger partial charge on any atom is 0.253 e. The summed E-state index contributed by atoms with van der Waals surface area (Å²) in [6.45, 7) is 2.63. The van der Waals surface area contributed by atoms with Crippen LogP contribution in [-0.2, 0) is 0 Å². The first kappa shape index (κ1) is 14.6. The lowest BCUT2D eigenvalue weighted by Crippen LogP contribution is -2.40. The summed E-state index contributed by atoms with van der Waals surface area (Å²) in [7, 11) is 1.96. The van der Waals surface area contributed by atoms with Crippen LogP contribution in [0.4, 0.5) is 0 Å². The van der Waals surface area contributed by atoms with Crippen molar-refractivity contribution in [3.63, 3.8) is 0 Å². The van der Waals surface area contributed by atoms with Crippen LogP contribution in [0.15, 0.2) is 18.2 Å². The molecule has 2 N–H and O–H groups in total. The van der Waals surface area contributed by atoms with Crippen molar-refractivity contribution >= 4 is 28.5 Å². The van der Waals surface area contributed by atoms with Crippen molar-refractivity contribution in [1.29, 1.82) is 0 Å². The Labute approximate surface area is 127 Å². The number of rotatable bonds is 3. The van der Waals surface area contributed by atoms with Crippen LogP contribution in [0, 0.1) is 9.49 Å². The number of halogens is 1. The average Bonchev–Trinajstić information content (AvgIpc) is 2.42. The molecule has 104 valence electrons. The molecule has 1 aromatic rings. The van der Waals surface area contributed by atoms with Crippen molar-refractivity contribution in [2.45, 2.75) is 12.8 Å². The van der Waals surface area contributed by atoms with E-state index >= 15 is 0 Å². The summed E-state index contributed by atoms with van der Waals surface area (Å²) in [5.41, 5.74) is 0.574. The second kappa shape index (κ2) is 6.56. The highest BCUT2D eigenvalue weighted by atomic mass is 127. The van der Waals surface area contributed by atoms with Crippen molar-refractivity contribution in [3.05, 3.63) is 27.3 Å². The Morgan fingerprint density at radius 1 is 1.47 bits per heavy atom. The Morgan fingerprint density at radius 3 is 2.74 bits per heavy atom. The van der Waals surface area contributed by atoms with E-state index in [4.69, 9.17) is 0 Å². The van der Waals surface area contributed by atoms with Crippen molar-refractivity contribution in [2.24, 2.45) is 5.92 Å². The first-order valence-electron chi connectivity index (χ1n) is 6.54. The minimum atomic E-state index is 0.0228. The van der Waals surface area contributed by atoms with E-state index in [1.165, 1.54) is 0 Å². The molecule has 1 heterocycles. The van der Waals surface area contributed by atoms with E-state index in [1.807, 2.05) is 34.5 Å². The lowest BCUT2D eigenvalue weighted by molar-refractivity contribution is 0.0690. The van der Waals surface area contributed by atoms with Crippen LogP contribution in [0.5, 0.6) is 5.75 Å². The van der Waals surface area contributed by atoms with Crippen LogP contribution in [0.2, 0.25) is 0 Å². The molecule has 4 nitrogen and oxygen atoms in total. The van der Waals surface area contributed by atoms with E-state index in [2.05, 4.69) is 5.32 Å². The van der Waals surface area contributed by atoms with Crippen LogP contribution in [-0.4, -0.2) is 42.6 Å². The highest BCUT2D eigenvalue weighted by Crippen LogP contribution is 2.23. The molecule has 0 bridgehead atoms. The van der Waals surface area contributed by atoms with Gasteiger partial charge in [0.05, 0.1) is 3.57 Å². The van der Waals surface area contributed by atoms with E-state index in [0.717, 1.165) is 36.0 Å². The summed E-state index contributed by atoms with van der Waals surface area (Å²) in [6, 6.07) is 5.12. The van der Waals surface area contributed by atoms with Gasteiger partial charge in [0.15, 0.2) is 0 Å². The number of aromatic hydroxyl groups is 1.